The zero-order chi connectivity index (χ0) is 17.8. The van der Waals surface area contributed by atoms with E-state index >= 15 is 0 Å². The Kier molecular flexibility index (Phi) is 4.90. The Morgan fingerprint density at radius 3 is 2.76 bits per heavy atom. The summed E-state index contributed by atoms with van der Waals surface area (Å²) in [7, 11) is 1.57. The molecule has 3 rings (SSSR count). The van der Waals surface area contributed by atoms with Gasteiger partial charge in [-0.2, -0.15) is 0 Å². The molecular weight excluding hydrogens is 322 g/mol. The Hall–Kier alpha value is -2.99. The highest BCUT2D eigenvalue weighted by Gasteiger charge is 2.19. The number of carbonyl (C=O) groups is 3. The lowest BCUT2D eigenvalue weighted by Crippen LogP contribution is -2.14. The van der Waals surface area contributed by atoms with Crippen molar-refractivity contribution in [2.75, 3.05) is 19.0 Å². The molecule has 1 amide bonds. The van der Waals surface area contributed by atoms with Crippen LogP contribution >= 0.6 is 0 Å². The first kappa shape index (κ1) is 16.9. The van der Waals surface area contributed by atoms with Crippen LogP contribution in [0.3, 0.4) is 0 Å². The van der Waals surface area contributed by atoms with Gasteiger partial charge in [-0.15, -0.1) is 0 Å². The molecule has 1 N–H and O–H groups in total. The van der Waals surface area contributed by atoms with Gasteiger partial charge in [0.1, 0.15) is 0 Å². The zero-order valence-corrected chi connectivity index (χ0v) is 13.7. The number of amides is 1. The molecule has 6 heteroatoms. The number of hydrogen-bond acceptors (Lipinski definition) is 5. The second kappa shape index (κ2) is 7.27. The van der Waals surface area contributed by atoms with E-state index in [1.54, 1.807) is 43.5 Å². The van der Waals surface area contributed by atoms with Crippen LogP contribution in [0.5, 0.6) is 0 Å². The van der Waals surface area contributed by atoms with Gasteiger partial charge in [0.25, 0.3) is 0 Å². The molecule has 0 saturated heterocycles. The molecule has 0 fully saturated rings. The maximum Gasteiger partial charge on any atom is 0.338 e. The number of carbonyl (C=O) groups excluding carboxylic acids is 3. The van der Waals surface area contributed by atoms with E-state index in [9.17, 15) is 14.4 Å². The number of ketones is 1. The van der Waals surface area contributed by atoms with E-state index in [1.807, 2.05) is 6.07 Å². The van der Waals surface area contributed by atoms with Gasteiger partial charge >= 0.3 is 5.97 Å². The number of methoxy groups -OCH3 is 1. The molecule has 0 atom stereocenters. The largest absolute Gasteiger partial charge is 0.454 e. The highest BCUT2D eigenvalue weighted by atomic mass is 16.5. The van der Waals surface area contributed by atoms with Crippen LogP contribution < -0.4 is 5.32 Å². The van der Waals surface area contributed by atoms with Gasteiger partial charge in [0, 0.05) is 18.4 Å². The number of benzene rings is 2. The fourth-order valence-electron chi connectivity index (χ4n) is 2.66. The number of Topliss-reactive ketones (excluding diaryl/α,β-unsaturated/α-hetero) is 1. The second-order valence-electron chi connectivity index (χ2n) is 5.73. The number of fused-ring (bicyclic) bond motifs is 1. The summed E-state index contributed by atoms with van der Waals surface area (Å²) < 4.78 is 10.1. The lowest BCUT2D eigenvalue weighted by molar-refractivity contribution is -0.115. The monoisotopic (exact) mass is 339 g/mol. The van der Waals surface area contributed by atoms with Crippen LogP contribution in [-0.4, -0.2) is 31.4 Å². The number of nitrogens with one attached hydrogen (secondary N) is 1. The molecule has 2 aromatic rings. The third kappa shape index (κ3) is 3.92. The van der Waals surface area contributed by atoms with E-state index in [0.29, 0.717) is 23.4 Å². The van der Waals surface area contributed by atoms with Crippen molar-refractivity contribution >= 4 is 23.3 Å². The lowest BCUT2D eigenvalue weighted by Gasteiger charge is -2.07. The van der Waals surface area contributed by atoms with Gasteiger partial charge in [0.15, 0.2) is 12.4 Å². The van der Waals surface area contributed by atoms with Crippen LogP contribution in [-0.2, 0) is 27.3 Å². The summed E-state index contributed by atoms with van der Waals surface area (Å²) in [6.07, 6.45) is 0.253. The molecule has 0 aliphatic carbocycles. The number of hydrogen-bond donors (Lipinski definition) is 1. The molecule has 6 nitrogen and oxygen atoms in total. The quantitative estimate of drug-likeness (QED) is 0.645. The van der Waals surface area contributed by atoms with Crippen LogP contribution in [0.2, 0.25) is 0 Å². The van der Waals surface area contributed by atoms with Gasteiger partial charge in [-0.05, 0) is 41.5 Å². The number of esters is 1. The molecule has 0 spiro atoms. The maximum absolute atomic E-state index is 12.2. The first-order valence-corrected chi connectivity index (χ1v) is 7.78. The Morgan fingerprint density at radius 2 is 1.96 bits per heavy atom. The van der Waals surface area contributed by atoms with Crippen molar-refractivity contribution in [1.82, 2.24) is 0 Å². The number of rotatable bonds is 6. The normalized spacial score (nSPS) is 12.4. The van der Waals surface area contributed by atoms with Crippen molar-refractivity contribution in [1.29, 1.82) is 0 Å². The molecule has 128 valence electrons. The van der Waals surface area contributed by atoms with Gasteiger partial charge in [0.2, 0.25) is 5.91 Å². The molecule has 25 heavy (non-hydrogen) atoms. The zero-order valence-electron chi connectivity index (χ0n) is 13.7. The van der Waals surface area contributed by atoms with Crippen molar-refractivity contribution in [3.05, 3.63) is 64.7 Å². The van der Waals surface area contributed by atoms with Gasteiger partial charge in [-0.1, -0.05) is 12.1 Å². The molecule has 1 aliphatic heterocycles. The fraction of sp³-hybridized carbons (Fsp3) is 0.211. The van der Waals surface area contributed by atoms with E-state index in [0.717, 1.165) is 11.1 Å². The Bertz CT molecular complexity index is 843. The van der Waals surface area contributed by atoms with Crippen molar-refractivity contribution in [2.45, 2.75) is 13.0 Å². The summed E-state index contributed by atoms with van der Waals surface area (Å²) in [5, 5.41) is 2.70. The molecule has 1 heterocycles. The number of anilines is 1. The molecule has 0 radical (unpaired) electrons. The smallest absolute Gasteiger partial charge is 0.338 e. The summed E-state index contributed by atoms with van der Waals surface area (Å²) in [5.74, 6) is -0.977. The highest BCUT2D eigenvalue weighted by Crippen LogP contribution is 2.24. The minimum atomic E-state index is -0.565. The van der Waals surface area contributed by atoms with Crippen LogP contribution in [0.15, 0.2) is 42.5 Å². The molecule has 0 bridgehead atoms. The Labute approximate surface area is 144 Å². The summed E-state index contributed by atoms with van der Waals surface area (Å²) in [6.45, 7) is 0.0371. The van der Waals surface area contributed by atoms with Crippen molar-refractivity contribution in [2.24, 2.45) is 0 Å². The van der Waals surface area contributed by atoms with Gasteiger partial charge in [0.05, 0.1) is 18.6 Å². The molecule has 0 saturated carbocycles. The molecular formula is C19H17NO5. The van der Waals surface area contributed by atoms with Gasteiger partial charge in [-0.3, -0.25) is 9.59 Å². The van der Waals surface area contributed by atoms with Gasteiger partial charge in [-0.25, -0.2) is 4.79 Å². The lowest BCUT2D eigenvalue weighted by atomic mass is 10.1. The van der Waals surface area contributed by atoms with Crippen LogP contribution in [0.4, 0.5) is 5.69 Å². The van der Waals surface area contributed by atoms with Gasteiger partial charge < -0.3 is 14.8 Å². The molecule has 0 aromatic heterocycles. The topological polar surface area (TPSA) is 81.7 Å². The third-order valence-corrected chi connectivity index (χ3v) is 3.86. The van der Waals surface area contributed by atoms with Crippen molar-refractivity contribution in [3.8, 4) is 0 Å². The minimum absolute atomic E-state index is 0.0954. The predicted molar refractivity (Wildman–Crippen MR) is 90.5 cm³/mol. The van der Waals surface area contributed by atoms with E-state index in [2.05, 4.69) is 5.32 Å². The Balaban J connectivity index is 1.62. The minimum Gasteiger partial charge on any atom is -0.454 e. The Morgan fingerprint density at radius 1 is 1.12 bits per heavy atom. The second-order valence-corrected chi connectivity index (χ2v) is 5.73. The molecule has 0 unspecified atom stereocenters. The highest BCUT2D eigenvalue weighted by molar-refractivity contribution is 6.03. The molecule has 1 aliphatic rings. The van der Waals surface area contributed by atoms with Crippen molar-refractivity contribution < 1.29 is 23.9 Å². The molecule has 2 aromatic carbocycles. The first-order chi connectivity index (χ1) is 12.1. The SMILES string of the molecule is COCc1cccc(C(=O)OCC(=O)c2ccc3c(c2)CC(=O)N3)c1. The third-order valence-electron chi connectivity index (χ3n) is 3.86. The summed E-state index contributed by atoms with van der Waals surface area (Å²) in [6, 6.07) is 11.8. The van der Waals surface area contributed by atoms with E-state index in [4.69, 9.17) is 9.47 Å². The fourth-order valence-corrected chi connectivity index (χ4v) is 2.66. The van der Waals surface area contributed by atoms with Crippen LogP contribution in [0, 0.1) is 0 Å². The van der Waals surface area contributed by atoms with Crippen LogP contribution in [0.25, 0.3) is 0 Å². The van der Waals surface area contributed by atoms with Crippen LogP contribution in [0.1, 0.15) is 31.8 Å². The summed E-state index contributed by atoms with van der Waals surface area (Å²) in [5.41, 5.74) is 3.12. The summed E-state index contributed by atoms with van der Waals surface area (Å²) in [4.78, 5) is 35.7. The average molecular weight is 339 g/mol. The maximum atomic E-state index is 12.2. The van der Waals surface area contributed by atoms with E-state index < -0.39 is 5.97 Å². The number of ether oxygens (including phenoxy) is 2. The average Bonchev–Trinajstić information content (AvgIpc) is 2.99. The standard InChI is InChI=1S/C19H17NO5/c1-24-10-12-3-2-4-14(7-12)19(23)25-11-17(21)13-5-6-16-15(8-13)9-18(22)20-16/h2-8H,9-11H2,1H3,(H,20,22). The summed E-state index contributed by atoms with van der Waals surface area (Å²) >= 11 is 0. The van der Waals surface area contributed by atoms with E-state index in [-0.39, 0.29) is 24.7 Å². The predicted octanol–water partition coefficient (Wildman–Crippen LogP) is 2.37. The van der Waals surface area contributed by atoms with Crippen molar-refractivity contribution in [3.63, 3.8) is 0 Å². The first-order valence-electron chi connectivity index (χ1n) is 7.78. The van der Waals surface area contributed by atoms with E-state index in [1.165, 1.54) is 0 Å².